The van der Waals surface area contributed by atoms with Crippen LogP contribution in [0.1, 0.15) is 12.5 Å². The van der Waals surface area contributed by atoms with E-state index >= 15 is 0 Å². The Hall–Kier alpha value is -3.59. The number of para-hydroxylation sites is 1. The molecule has 7 nitrogen and oxygen atoms in total. The van der Waals surface area contributed by atoms with Gasteiger partial charge in [-0.15, -0.1) is 0 Å². The molecule has 9 heteroatoms. The minimum Gasteiger partial charge on any atom is -0.479 e. The maximum Gasteiger partial charge on any atom is 0.344 e. The van der Waals surface area contributed by atoms with Crippen LogP contribution in [0.15, 0.2) is 54.1 Å². The minimum absolute atomic E-state index is 0.0696. The molecule has 0 spiro atoms. The minimum atomic E-state index is -1.11. The topological polar surface area (TPSA) is 95.9 Å². The maximum atomic E-state index is 14.1. The highest BCUT2D eigenvalue weighted by Crippen LogP contribution is 2.25. The van der Waals surface area contributed by atoms with Gasteiger partial charge in [0, 0.05) is 0 Å². The summed E-state index contributed by atoms with van der Waals surface area (Å²) in [6.45, 7) is 1.39. The van der Waals surface area contributed by atoms with Crippen LogP contribution in [0.2, 0.25) is 0 Å². The molecule has 0 saturated carbocycles. The van der Waals surface area contributed by atoms with Crippen LogP contribution in [0.4, 0.5) is 10.1 Å². The first kappa shape index (κ1) is 20.2. The number of nitrogens with one attached hydrogen (secondary N) is 1. The summed E-state index contributed by atoms with van der Waals surface area (Å²) in [5.74, 6) is -2.91. The first-order valence-electron chi connectivity index (χ1n) is 8.43. The average molecular weight is 414 g/mol. The van der Waals surface area contributed by atoms with E-state index in [0.29, 0.717) is 11.3 Å². The molecule has 148 valence electrons. The summed E-state index contributed by atoms with van der Waals surface area (Å²) in [6, 6.07) is 11.7. The Morgan fingerprint density at radius 3 is 2.48 bits per heavy atom. The van der Waals surface area contributed by atoms with Crippen LogP contribution in [-0.4, -0.2) is 34.1 Å². The molecule has 2 amide bonds. The van der Waals surface area contributed by atoms with E-state index in [0.717, 1.165) is 4.90 Å². The predicted octanol–water partition coefficient (Wildman–Crippen LogP) is 2.51. The Labute approximate surface area is 170 Å². The molecule has 1 aliphatic rings. The van der Waals surface area contributed by atoms with Crippen molar-refractivity contribution in [1.29, 1.82) is 0 Å². The second kappa shape index (κ2) is 8.19. The lowest BCUT2D eigenvalue weighted by molar-refractivity contribution is -0.144. The van der Waals surface area contributed by atoms with E-state index in [9.17, 15) is 18.8 Å². The number of thiocarbonyl (C=S) groups is 1. The molecule has 1 heterocycles. The Morgan fingerprint density at radius 2 is 1.86 bits per heavy atom. The van der Waals surface area contributed by atoms with Gasteiger partial charge in [-0.1, -0.05) is 24.3 Å². The van der Waals surface area contributed by atoms with E-state index < -0.39 is 29.7 Å². The van der Waals surface area contributed by atoms with Gasteiger partial charge >= 0.3 is 5.97 Å². The van der Waals surface area contributed by atoms with Crippen molar-refractivity contribution < 1.29 is 28.6 Å². The van der Waals surface area contributed by atoms with E-state index in [1.165, 1.54) is 43.3 Å². The molecule has 0 aromatic heterocycles. The summed E-state index contributed by atoms with van der Waals surface area (Å²) in [5, 5.41) is 11.0. The SMILES string of the molecule is C[C@@H](Oc1ccc(/C=C2\C(=O)NC(=S)N(c3ccccc3F)C2=O)cc1)C(=O)O. The summed E-state index contributed by atoms with van der Waals surface area (Å²) in [6.07, 6.45) is 0.303. The maximum absolute atomic E-state index is 14.1. The molecule has 1 fully saturated rings. The highest BCUT2D eigenvalue weighted by Gasteiger charge is 2.35. The van der Waals surface area contributed by atoms with Crippen molar-refractivity contribution in [2.45, 2.75) is 13.0 Å². The highest BCUT2D eigenvalue weighted by atomic mass is 32.1. The number of ether oxygens (including phenoxy) is 1. The number of halogens is 1. The molecule has 1 atom stereocenters. The molecule has 2 aromatic rings. The lowest BCUT2D eigenvalue weighted by Gasteiger charge is -2.29. The number of hydrogen-bond donors (Lipinski definition) is 2. The van der Waals surface area contributed by atoms with Crippen molar-refractivity contribution in [3.05, 3.63) is 65.5 Å². The number of rotatable bonds is 5. The van der Waals surface area contributed by atoms with E-state index in [2.05, 4.69) is 5.32 Å². The van der Waals surface area contributed by atoms with Crippen LogP contribution < -0.4 is 15.0 Å². The Morgan fingerprint density at radius 1 is 1.21 bits per heavy atom. The number of carboxylic acid groups (broad SMARTS) is 1. The Kier molecular flexibility index (Phi) is 5.69. The van der Waals surface area contributed by atoms with Crippen molar-refractivity contribution in [2.24, 2.45) is 0 Å². The number of hydrogen-bond acceptors (Lipinski definition) is 5. The van der Waals surface area contributed by atoms with Crippen molar-refractivity contribution in [1.82, 2.24) is 5.32 Å². The summed E-state index contributed by atoms with van der Waals surface area (Å²) >= 11 is 5.03. The van der Waals surface area contributed by atoms with Gasteiger partial charge in [-0.05, 0) is 55.0 Å². The molecular weight excluding hydrogens is 399 g/mol. The van der Waals surface area contributed by atoms with E-state index in [1.807, 2.05) is 0 Å². The zero-order valence-corrected chi connectivity index (χ0v) is 15.9. The van der Waals surface area contributed by atoms with Crippen LogP contribution in [0.5, 0.6) is 5.75 Å². The summed E-state index contributed by atoms with van der Waals surface area (Å²) in [5.41, 5.74) is 0.189. The van der Waals surface area contributed by atoms with Crippen molar-refractivity contribution in [2.75, 3.05) is 4.90 Å². The lowest BCUT2D eigenvalue weighted by Crippen LogP contribution is -2.54. The van der Waals surface area contributed by atoms with Gasteiger partial charge < -0.3 is 9.84 Å². The first-order chi connectivity index (χ1) is 13.8. The number of carboxylic acids is 1. The van der Waals surface area contributed by atoms with Gasteiger partial charge in [0.25, 0.3) is 11.8 Å². The number of nitrogens with zero attached hydrogens (tertiary/aromatic N) is 1. The fourth-order valence-corrected chi connectivity index (χ4v) is 2.85. The third-order valence-corrected chi connectivity index (χ3v) is 4.33. The predicted molar refractivity (Wildman–Crippen MR) is 107 cm³/mol. The Balaban J connectivity index is 1.89. The second-order valence-corrected chi connectivity index (χ2v) is 6.46. The van der Waals surface area contributed by atoms with E-state index in [-0.39, 0.29) is 16.4 Å². The van der Waals surface area contributed by atoms with Crippen LogP contribution >= 0.6 is 12.2 Å². The number of anilines is 1. The molecule has 2 aromatic carbocycles. The summed E-state index contributed by atoms with van der Waals surface area (Å²) in [4.78, 5) is 36.9. The zero-order chi connectivity index (χ0) is 21.1. The normalized spacial score (nSPS) is 16.6. The van der Waals surface area contributed by atoms with Crippen molar-refractivity contribution >= 4 is 46.9 Å². The first-order valence-corrected chi connectivity index (χ1v) is 8.84. The standard InChI is InChI=1S/C20H15FN2O5S/c1-11(19(26)27)28-13-8-6-12(7-9-13)10-14-17(24)22-20(29)23(18(14)25)16-5-3-2-4-15(16)21/h2-11H,1H3,(H,26,27)(H,22,24,29)/b14-10+/t11-/m1/s1. The van der Waals surface area contributed by atoms with Crippen LogP contribution in [0.3, 0.4) is 0 Å². The summed E-state index contributed by atoms with van der Waals surface area (Å²) < 4.78 is 19.4. The number of amides is 2. The number of aliphatic carboxylic acids is 1. The van der Waals surface area contributed by atoms with Crippen LogP contribution in [0, 0.1) is 5.82 Å². The monoisotopic (exact) mass is 414 g/mol. The highest BCUT2D eigenvalue weighted by molar-refractivity contribution is 7.80. The molecule has 3 rings (SSSR count). The largest absolute Gasteiger partial charge is 0.479 e. The fourth-order valence-electron chi connectivity index (χ4n) is 2.57. The molecule has 0 bridgehead atoms. The summed E-state index contributed by atoms with van der Waals surface area (Å²) in [7, 11) is 0. The molecule has 2 N–H and O–H groups in total. The van der Waals surface area contributed by atoms with Crippen LogP contribution in [-0.2, 0) is 14.4 Å². The van der Waals surface area contributed by atoms with Crippen LogP contribution in [0.25, 0.3) is 6.08 Å². The van der Waals surface area contributed by atoms with Gasteiger partial charge in [0.15, 0.2) is 11.2 Å². The molecule has 0 unspecified atom stereocenters. The van der Waals surface area contributed by atoms with Gasteiger partial charge in [-0.25, -0.2) is 14.1 Å². The van der Waals surface area contributed by atoms with E-state index in [1.54, 1.807) is 18.2 Å². The molecule has 1 aliphatic heterocycles. The van der Waals surface area contributed by atoms with E-state index in [4.69, 9.17) is 22.1 Å². The molecular formula is C20H15FN2O5S. The lowest BCUT2D eigenvalue weighted by atomic mass is 10.1. The molecule has 0 aliphatic carbocycles. The fraction of sp³-hybridized carbons (Fsp3) is 0.100. The number of carbonyl (C=O) groups excluding carboxylic acids is 2. The van der Waals surface area contributed by atoms with Gasteiger partial charge in [-0.3, -0.25) is 14.9 Å². The average Bonchev–Trinajstić information content (AvgIpc) is 2.67. The number of carbonyl (C=O) groups is 3. The van der Waals surface area contributed by atoms with Crippen molar-refractivity contribution in [3.8, 4) is 5.75 Å². The third-order valence-electron chi connectivity index (χ3n) is 4.05. The smallest absolute Gasteiger partial charge is 0.344 e. The van der Waals surface area contributed by atoms with Gasteiger partial charge in [0.2, 0.25) is 0 Å². The molecule has 29 heavy (non-hydrogen) atoms. The third kappa shape index (κ3) is 4.30. The van der Waals surface area contributed by atoms with Crippen molar-refractivity contribution in [3.63, 3.8) is 0 Å². The van der Waals surface area contributed by atoms with Gasteiger partial charge in [-0.2, -0.15) is 0 Å². The Bertz CT molecular complexity index is 1040. The van der Waals surface area contributed by atoms with Gasteiger partial charge in [0.05, 0.1) is 5.69 Å². The van der Waals surface area contributed by atoms with Gasteiger partial charge in [0.1, 0.15) is 17.1 Å². The zero-order valence-electron chi connectivity index (χ0n) is 15.1. The second-order valence-electron chi connectivity index (χ2n) is 6.08. The number of benzene rings is 2. The molecule has 1 saturated heterocycles. The quantitative estimate of drug-likeness (QED) is 0.443. The molecule has 0 radical (unpaired) electrons.